The molecule has 0 aliphatic heterocycles. The van der Waals surface area contributed by atoms with Crippen molar-refractivity contribution in [1.29, 1.82) is 0 Å². The number of benzene rings is 1. The SMILES string of the molecule is CN(CCCC(=O)O)C(=O)c1ccc(N)c(Br)c1. The lowest BCUT2D eigenvalue weighted by atomic mass is 10.2. The summed E-state index contributed by atoms with van der Waals surface area (Å²) in [5.74, 6) is -1.01. The fraction of sp³-hybridized carbons (Fsp3) is 0.333. The van der Waals surface area contributed by atoms with Gasteiger partial charge in [0.2, 0.25) is 0 Å². The molecule has 3 N–H and O–H groups in total. The number of aliphatic carboxylic acids is 1. The van der Waals surface area contributed by atoms with E-state index in [1.54, 1.807) is 25.2 Å². The average molecular weight is 315 g/mol. The van der Waals surface area contributed by atoms with E-state index in [-0.39, 0.29) is 12.3 Å². The highest BCUT2D eigenvalue weighted by Crippen LogP contribution is 2.21. The van der Waals surface area contributed by atoms with Crippen LogP contribution in [0.3, 0.4) is 0 Å². The second-order valence-electron chi connectivity index (χ2n) is 3.96. The molecule has 0 saturated carbocycles. The van der Waals surface area contributed by atoms with Crippen molar-refractivity contribution >= 4 is 33.5 Å². The highest BCUT2D eigenvalue weighted by Gasteiger charge is 2.12. The highest BCUT2D eigenvalue weighted by atomic mass is 79.9. The van der Waals surface area contributed by atoms with E-state index in [0.717, 1.165) is 0 Å². The maximum Gasteiger partial charge on any atom is 0.303 e. The Hall–Kier alpha value is -1.56. The summed E-state index contributed by atoms with van der Waals surface area (Å²) in [4.78, 5) is 23.9. The van der Waals surface area contributed by atoms with Crippen LogP contribution in [-0.4, -0.2) is 35.5 Å². The Balaban J connectivity index is 2.62. The fourth-order valence-electron chi connectivity index (χ4n) is 1.45. The number of hydrogen-bond donors (Lipinski definition) is 2. The topological polar surface area (TPSA) is 83.6 Å². The maximum absolute atomic E-state index is 12.0. The molecule has 98 valence electrons. The molecule has 0 spiro atoms. The highest BCUT2D eigenvalue weighted by molar-refractivity contribution is 9.10. The summed E-state index contributed by atoms with van der Waals surface area (Å²) in [6.07, 6.45) is 0.497. The zero-order valence-electron chi connectivity index (χ0n) is 10.0. The van der Waals surface area contributed by atoms with Gasteiger partial charge in [0, 0.05) is 35.7 Å². The summed E-state index contributed by atoms with van der Waals surface area (Å²) in [5, 5.41) is 8.53. The van der Waals surface area contributed by atoms with Gasteiger partial charge in [-0.25, -0.2) is 0 Å². The molecule has 0 saturated heterocycles. The monoisotopic (exact) mass is 314 g/mol. The van der Waals surface area contributed by atoms with Crippen molar-refractivity contribution in [1.82, 2.24) is 4.90 Å². The number of nitrogens with two attached hydrogens (primary N) is 1. The van der Waals surface area contributed by atoms with Crippen LogP contribution in [0.4, 0.5) is 5.69 Å². The molecule has 1 amide bonds. The molecule has 0 aromatic heterocycles. The summed E-state index contributed by atoms with van der Waals surface area (Å²) in [6, 6.07) is 4.96. The van der Waals surface area contributed by atoms with Crippen LogP contribution in [0.15, 0.2) is 22.7 Å². The van der Waals surface area contributed by atoms with Crippen LogP contribution < -0.4 is 5.73 Å². The molecular formula is C12H15BrN2O3. The normalized spacial score (nSPS) is 10.1. The van der Waals surface area contributed by atoms with Gasteiger partial charge in [-0.1, -0.05) is 0 Å². The number of rotatable bonds is 5. The first kappa shape index (κ1) is 14.5. The number of anilines is 1. The molecule has 18 heavy (non-hydrogen) atoms. The molecule has 0 heterocycles. The molecular weight excluding hydrogens is 300 g/mol. The van der Waals surface area contributed by atoms with E-state index in [2.05, 4.69) is 15.9 Å². The minimum absolute atomic E-state index is 0.0586. The largest absolute Gasteiger partial charge is 0.481 e. The summed E-state index contributed by atoms with van der Waals surface area (Å²) >= 11 is 3.26. The molecule has 5 nitrogen and oxygen atoms in total. The number of carboxylic acids is 1. The van der Waals surface area contributed by atoms with Crippen molar-refractivity contribution in [3.63, 3.8) is 0 Å². The Morgan fingerprint density at radius 3 is 2.67 bits per heavy atom. The number of nitrogens with zero attached hydrogens (tertiary/aromatic N) is 1. The Morgan fingerprint density at radius 1 is 1.44 bits per heavy atom. The molecule has 0 fully saturated rings. The van der Waals surface area contributed by atoms with Crippen LogP contribution >= 0.6 is 15.9 Å². The molecule has 1 rings (SSSR count). The van der Waals surface area contributed by atoms with E-state index < -0.39 is 5.97 Å². The van der Waals surface area contributed by atoms with Crippen LogP contribution in [0.25, 0.3) is 0 Å². The Morgan fingerprint density at radius 2 is 2.11 bits per heavy atom. The minimum Gasteiger partial charge on any atom is -0.481 e. The number of carboxylic acid groups (broad SMARTS) is 1. The molecule has 1 aromatic carbocycles. The van der Waals surface area contributed by atoms with Gasteiger partial charge in [-0.05, 0) is 40.5 Å². The zero-order chi connectivity index (χ0) is 13.7. The zero-order valence-corrected chi connectivity index (χ0v) is 11.6. The standard InChI is InChI=1S/C12H15BrN2O3/c1-15(6-2-3-11(16)17)12(18)8-4-5-10(14)9(13)7-8/h4-5,7H,2-3,6,14H2,1H3,(H,16,17). The third-order valence-electron chi connectivity index (χ3n) is 2.48. The fourth-order valence-corrected chi connectivity index (χ4v) is 1.83. The summed E-state index contributed by atoms with van der Waals surface area (Å²) in [5.41, 5.74) is 6.73. The van der Waals surface area contributed by atoms with Crippen molar-refractivity contribution in [2.24, 2.45) is 0 Å². The molecule has 0 aliphatic carbocycles. The lowest BCUT2D eigenvalue weighted by molar-refractivity contribution is -0.137. The third-order valence-corrected chi connectivity index (χ3v) is 3.17. The van der Waals surface area contributed by atoms with Gasteiger partial charge in [-0.2, -0.15) is 0 Å². The first-order valence-electron chi connectivity index (χ1n) is 5.44. The van der Waals surface area contributed by atoms with Gasteiger partial charge in [0.1, 0.15) is 0 Å². The Labute approximate surface area is 114 Å². The van der Waals surface area contributed by atoms with Crippen LogP contribution in [0.2, 0.25) is 0 Å². The first-order valence-corrected chi connectivity index (χ1v) is 6.23. The molecule has 6 heteroatoms. The van der Waals surface area contributed by atoms with Gasteiger partial charge in [0.15, 0.2) is 0 Å². The van der Waals surface area contributed by atoms with E-state index >= 15 is 0 Å². The number of carbonyl (C=O) groups excluding carboxylic acids is 1. The predicted molar refractivity (Wildman–Crippen MR) is 72.4 cm³/mol. The van der Waals surface area contributed by atoms with Crippen LogP contribution in [0.5, 0.6) is 0 Å². The molecule has 1 aromatic rings. The second-order valence-corrected chi connectivity index (χ2v) is 4.81. The minimum atomic E-state index is -0.855. The summed E-state index contributed by atoms with van der Waals surface area (Å²) in [7, 11) is 1.65. The number of nitrogen functional groups attached to an aromatic ring is 1. The Bertz CT molecular complexity index is 463. The maximum atomic E-state index is 12.0. The van der Waals surface area contributed by atoms with Crippen molar-refractivity contribution in [2.75, 3.05) is 19.3 Å². The van der Waals surface area contributed by atoms with Gasteiger partial charge in [-0.15, -0.1) is 0 Å². The summed E-state index contributed by atoms with van der Waals surface area (Å²) in [6.45, 7) is 0.410. The van der Waals surface area contributed by atoms with Gasteiger partial charge in [0.25, 0.3) is 5.91 Å². The van der Waals surface area contributed by atoms with E-state index in [0.29, 0.717) is 28.7 Å². The lowest BCUT2D eigenvalue weighted by Crippen LogP contribution is -2.28. The van der Waals surface area contributed by atoms with Gasteiger partial charge in [-0.3, -0.25) is 9.59 Å². The van der Waals surface area contributed by atoms with Gasteiger partial charge in [0.05, 0.1) is 0 Å². The van der Waals surface area contributed by atoms with E-state index in [4.69, 9.17) is 10.8 Å². The molecule has 0 radical (unpaired) electrons. The molecule has 0 unspecified atom stereocenters. The van der Waals surface area contributed by atoms with Crippen LogP contribution in [0.1, 0.15) is 23.2 Å². The van der Waals surface area contributed by atoms with Crippen LogP contribution in [0, 0.1) is 0 Å². The summed E-state index contributed by atoms with van der Waals surface area (Å²) < 4.78 is 0.673. The quantitative estimate of drug-likeness (QED) is 0.814. The predicted octanol–water partition coefficient (Wildman–Crippen LogP) is 1.97. The van der Waals surface area contributed by atoms with Crippen molar-refractivity contribution in [3.05, 3.63) is 28.2 Å². The smallest absolute Gasteiger partial charge is 0.303 e. The van der Waals surface area contributed by atoms with Gasteiger partial charge < -0.3 is 15.7 Å². The number of amides is 1. The second kappa shape index (κ2) is 6.39. The van der Waals surface area contributed by atoms with E-state index in [1.165, 1.54) is 4.90 Å². The number of hydrogen-bond acceptors (Lipinski definition) is 3. The van der Waals surface area contributed by atoms with E-state index in [9.17, 15) is 9.59 Å². The van der Waals surface area contributed by atoms with Crippen LogP contribution in [-0.2, 0) is 4.79 Å². The Kier molecular flexibility index (Phi) is 5.15. The molecule has 0 bridgehead atoms. The number of carbonyl (C=O) groups is 2. The third kappa shape index (κ3) is 4.03. The molecule has 0 aliphatic rings. The van der Waals surface area contributed by atoms with Crippen molar-refractivity contribution in [2.45, 2.75) is 12.8 Å². The van der Waals surface area contributed by atoms with Crippen molar-refractivity contribution < 1.29 is 14.7 Å². The number of halogens is 1. The van der Waals surface area contributed by atoms with Crippen molar-refractivity contribution in [3.8, 4) is 0 Å². The molecule has 0 atom stereocenters. The van der Waals surface area contributed by atoms with E-state index in [1.807, 2.05) is 0 Å². The van der Waals surface area contributed by atoms with Gasteiger partial charge >= 0.3 is 5.97 Å². The first-order chi connectivity index (χ1) is 8.41. The lowest BCUT2D eigenvalue weighted by Gasteiger charge is -2.17. The average Bonchev–Trinajstić information content (AvgIpc) is 2.31.